The Bertz CT molecular complexity index is 642. The molecule has 0 spiro atoms. The van der Waals surface area contributed by atoms with Crippen molar-refractivity contribution in [2.24, 2.45) is 5.92 Å². The van der Waals surface area contributed by atoms with E-state index in [0.29, 0.717) is 6.54 Å². The summed E-state index contributed by atoms with van der Waals surface area (Å²) in [5.41, 5.74) is 0. The van der Waals surface area contributed by atoms with E-state index in [1.807, 2.05) is 43.1 Å². The number of methoxy groups -OCH3 is 2. The highest BCUT2D eigenvalue weighted by Crippen LogP contribution is 2.30. The smallest absolute Gasteiger partial charge is 0.310 e. The van der Waals surface area contributed by atoms with Crippen LogP contribution in [0.4, 0.5) is 5.82 Å². The number of benzene rings is 1. The lowest BCUT2D eigenvalue weighted by Gasteiger charge is -2.22. The Labute approximate surface area is 124 Å². The maximum absolute atomic E-state index is 11.6. The number of nitrogens with zero attached hydrogens (tertiary/aromatic N) is 2. The van der Waals surface area contributed by atoms with E-state index in [0.717, 1.165) is 22.3 Å². The monoisotopic (exact) mass is 288 g/mol. The molecule has 0 amide bonds. The van der Waals surface area contributed by atoms with Gasteiger partial charge in [0.15, 0.2) is 0 Å². The quantitative estimate of drug-likeness (QED) is 0.791. The molecule has 0 saturated heterocycles. The highest BCUT2D eigenvalue weighted by atomic mass is 16.5. The van der Waals surface area contributed by atoms with Gasteiger partial charge in [-0.1, -0.05) is 19.1 Å². The summed E-state index contributed by atoms with van der Waals surface area (Å²) in [6.45, 7) is 2.38. The maximum Gasteiger partial charge on any atom is 0.310 e. The van der Waals surface area contributed by atoms with E-state index in [4.69, 9.17) is 9.47 Å². The minimum Gasteiger partial charge on any atom is -0.496 e. The second kappa shape index (κ2) is 6.43. The molecule has 0 saturated carbocycles. The molecular formula is C16H20N2O3. The van der Waals surface area contributed by atoms with Gasteiger partial charge in [0.25, 0.3) is 0 Å². The Balaban J connectivity index is 2.35. The molecule has 2 rings (SSSR count). The van der Waals surface area contributed by atoms with E-state index in [-0.39, 0.29) is 11.9 Å². The summed E-state index contributed by atoms with van der Waals surface area (Å²) >= 11 is 0. The molecule has 1 atom stereocenters. The van der Waals surface area contributed by atoms with Crippen LogP contribution in [0.5, 0.6) is 5.75 Å². The van der Waals surface area contributed by atoms with Crippen LogP contribution in [0.2, 0.25) is 0 Å². The third kappa shape index (κ3) is 3.07. The summed E-state index contributed by atoms with van der Waals surface area (Å²) in [5, 5.41) is 2.00. The number of pyridine rings is 1. The molecule has 0 fully saturated rings. The van der Waals surface area contributed by atoms with Crippen LogP contribution in [0.1, 0.15) is 6.92 Å². The summed E-state index contributed by atoms with van der Waals surface area (Å²) in [6.07, 6.45) is 1.75. The first-order chi connectivity index (χ1) is 10.1. The van der Waals surface area contributed by atoms with Crippen molar-refractivity contribution in [3.05, 3.63) is 30.5 Å². The standard InChI is InChI=1S/C16H20N2O3/c1-11(16(19)21-4)10-18(2)15-13-6-5-7-14(20-3)12(13)8-9-17-15/h5-9,11H,10H2,1-4H3. The second-order valence-electron chi connectivity index (χ2n) is 4.99. The third-order valence-corrected chi connectivity index (χ3v) is 3.48. The highest BCUT2D eigenvalue weighted by molar-refractivity contribution is 5.96. The van der Waals surface area contributed by atoms with Crippen molar-refractivity contribution in [2.45, 2.75) is 6.92 Å². The average molecular weight is 288 g/mol. The van der Waals surface area contributed by atoms with Crippen LogP contribution in [0.25, 0.3) is 10.8 Å². The normalized spacial score (nSPS) is 12.0. The molecule has 5 nitrogen and oxygen atoms in total. The van der Waals surface area contributed by atoms with Gasteiger partial charge in [0.2, 0.25) is 0 Å². The fraction of sp³-hybridized carbons (Fsp3) is 0.375. The molecule has 0 aliphatic carbocycles. The van der Waals surface area contributed by atoms with Gasteiger partial charge in [-0.05, 0) is 12.1 Å². The van der Waals surface area contributed by atoms with E-state index in [1.54, 1.807) is 13.3 Å². The van der Waals surface area contributed by atoms with Crippen LogP contribution in [0, 0.1) is 5.92 Å². The van der Waals surface area contributed by atoms with Gasteiger partial charge in [0.1, 0.15) is 11.6 Å². The predicted molar refractivity (Wildman–Crippen MR) is 82.7 cm³/mol. The molecule has 0 aliphatic heterocycles. The minimum absolute atomic E-state index is 0.220. The first-order valence-corrected chi connectivity index (χ1v) is 6.79. The molecule has 2 aromatic rings. The van der Waals surface area contributed by atoms with Crippen molar-refractivity contribution in [3.63, 3.8) is 0 Å². The zero-order chi connectivity index (χ0) is 15.4. The topological polar surface area (TPSA) is 51.7 Å². The fourth-order valence-corrected chi connectivity index (χ4v) is 2.42. The lowest BCUT2D eigenvalue weighted by molar-refractivity contribution is -0.144. The molecule has 0 radical (unpaired) electrons. The number of hydrogen-bond donors (Lipinski definition) is 0. The number of ether oxygens (including phenoxy) is 2. The molecule has 5 heteroatoms. The van der Waals surface area contributed by atoms with E-state index in [2.05, 4.69) is 4.98 Å². The Morgan fingerprint density at radius 1 is 1.29 bits per heavy atom. The molecule has 1 aromatic carbocycles. The number of aromatic nitrogens is 1. The highest BCUT2D eigenvalue weighted by Gasteiger charge is 2.18. The number of esters is 1. The van der Waals surface area contributed by atoms with E-state index in [1.165, 1.54) is 7.11 Å². The number of hydrogen-bond acceptors (Lipinski definition) is 5. The molecule has 0 bridgehead atoms. The molecule has 1 unspecified atom stereocenters. The van der Waals surface area contributed by atoms with Gasteiger partial charge in [-0.3, -0.25) is 4.79 Å². The van der Waals surface area contributed by atoms with Crippen molar-refractivity contribution < 1.29 is 14.3 Å². The van der Waals surface area contributed by atoms with Crippen molar-refractivity contribution in [1.29, 1.82) is 0 Å². The first-order valence-electron chi connectivity index (χ1n) is 6.79. The van der Waals surface area contributed by atoms with E-state index < -0.39 is 0 Å². The van der Waals surface area contributed by atoms with Gasteiger partial charge in [-0.15, -0.1) is 0 Å². The Morgan fingerprint density at radius 3 is 2.71 bits per heavy atom. The number of anilines is 1. The van der Waals surface area contributed by atoms with E-state index >= 15 is 0 Å². The molecule has 21 heavy (non-hydrogen) atoms. The fourth-order valence-electron chi connectivity index (χ4n) is 2.42. The van der Waals surface area contributed by atoms with Crippen LogP contribution in [-0.2, 0) is 9.53 Å². The molecule has 112 valence electrons. The Kier molecular flexibility index (Phi) is 4.62. The Hall–Kier alpha value is -2.30. The Morgan fingerprint density at radius 2 is 2.05 bits per heavy atom. The molecule has 0 aliphatic rings. The van der Waals surface area contributed by atoms with Crippen molar-refractivity contribution in [1.82, 2.24) is 4.98 Å². The average Bonchev–Trinajstić information content (AvgIpc) is 2.52. The summed E-state index contributed by atoms with van der Waals surface area (Å²) < 4.78 is 10.1. The number of carbonyl (C=O) groups excluding carboxylic acids is 1. The molecule has 1 heterocycles. The number of fused-ring (bicyclic) bond motifs is 1. The zero-order valence-electron chi connectivity index (χ0n) is 12.8. The second-order valence-corrected chi connectivity index (χ2v) is 4.99. The van der Waals surface area contributed by atoms with Crippen molar-refractivity contribution in [2.75, 3.05) is 32.7 Å². The largest absolute Gasteiger partial charge is 0.496 e. The van der Waals surface area contributed by atoms with Crippen molar-refractivity contribution in [3.8, 4) is 5.75 Å². The third-order valence-electron chi connectivity index (χ3n) is 3.48. The van der Waals surface area contributed by atoms with Gasteiger partial charge >= 0.3 is 5.97 Å². The van der Waals surface area contributed by atoms with Crippen LogP contribution in [-0.4, -0.2) is 38.8 Å². The summed E-state index contributed by atoms with van der Waals surface area (Å²) in [4.78, 5) is 18.0. The number of carbonyl (C=O) groups is 1. The minimum atomic E-state index is -0.223. The molecule has 0 N–H and O–H groups in total. The lowest BCUT2D eigenvalue weighted by atomic mass is 10.1. The van der Waals surface area contributed by atoms with Gasteiger partial charge in [0, 0.05) is 30.6 Å². The van der Waals surface area contributed by atoms with Crippen LogP contribution in [0.15, 0.2) is 30.5 Å². The van der Waals surface area contributed by atoms with Gasteiger partial charge < -0.3 is 14.4 Å². The summed E-state index contributed by atoms with van der Waals surface area (Å²) in [6, 6.07) is 7.78. The van der Waals surface area contributed by atoms with Crippen LogP contribution < -0.4 is 9.64 Å². The maximum atomic E-state index is 11.6. The van der Waals surface area contributed by atoms with Crippen molar-refractivity contribution >= 4 is 22.6 Å². The molecule has 1 aromatic heterocycles. The number of rotatable bonds is 5. The van der Waals surface area contributed by atoms with Gasteiger partial charge in [0.05, 0.1) is 20.1 Å². The zero-order valence-corrected chi connectivity index (χ0v) is 12.8. The van der Waals surface area contributed by atoms with E-state index in [9.17, 15) is 4.79 Å². The lowest BCUT2D eigenvalue weighted by Crippen LogP contribution is -2.29. The first kappa shape index (κ1) is 15.1. The van der Waals surface area contributed by atoms with Gasteiger partial charge in [-0.2, -0.15) is 0 Å². The SMILES string of the molecule is COC(=O)C(C)CN(C)c1nccc2c(OC)cccc12. The summed E-state index contributed by atoms with van der Waals surface area (Å²) in [5.74, 6) is 1.19. The van der Waals surface area contributed by atoms with Crippen LogP contribution in [0.3, 0.4) is 0 Å². The van der Waals surface area contributed by atoms with Gasteiger partial charge in [-0.25, -0.2) is 4.98 Å². The predicted octanol–water partition coefficient (Wildman–Crippen LogP) is 2.49. The molecular weight excluding hydrogens is 268 g/mol. The van der Waals surface area contributed by atoms with Crippen LogP contribution >= 0.6 is 0 Å². The summed E-state index contributed by atoms with van der Waals surface area (Å²) in [7, 11) is 4.97.